The molecule has 42 heavy (non-hydrogen) atoms. The molecule has 0 N–H and O–H groups in total. The summed E-state index contributed by atoms with van der Waals surface area (Å²) in [5.41, 5.74) is 5.09. The normalized spacial score (nSPS) is 12.3. The van der Waals surface area contributed by atoms with E-state index in [1.54, 1.807) is 0 Å². The van der Waals surface area contributed by atoms with Gasteiger partial charge in [0.25, 0.3) is 0 Å². The van der Waals surface area contributed by atoms with Crippen molar-refractivity contribution in [3.05, 3.63) is 133 Å². The van der Waals surface area contributed by atoms with E-state index in [4.69, 9.17) is 0 Å². The van der Waals surface area contributed by atoms with Crippen molar-refractivity contribution in [2.75, 3.05) is 0 Å². The zero-order valence-corrected chi connectivity index (χ0v) is 24.2. The van der Waals surface area contributed by atoms with Gasteiger partial charge in [-0.05, 0) is 115 Å². The molecule has 2 heterocycles. The predicted octanol–water partition coefficient (Wildman–Crippen LogP) is 12.7. The van der Waals surface area contributed by atoms with Crippen LogP contribution in [0.4, 0.5) is 0 Å². The Morgan fingerprint density at radius 1 is 0.286 bits per heavy atom. The van der Waals surface area contributed by atoms with Crippen LogP contribution in [0.15, 0.2) is 133 Å². The number of hydrogen-bond acceptors (Lipinski definition) is 2. The standard InChI is InChI=1S/C40H22S2/c1-3-7-35-31(5-1)33-21-23(13-15-37(33)41-35)29-17-25-9-11-27-19-30(20-28-12-10-26(18-29)39(25)40(27)28)24-14-16-38-34(22-24)32-6-2-4-8-36(32)42-38/h1-22H. The maximum absolute atomic E-state index is 2.38. The molecule has 0 saturated heterocycles. The van der Waals surface area contributed by atoms with Crippen molar-refractivity contribution < 1.29 is 0 Å². The van der Waals surface area contributed by atoms with E-state index in [0.717, 1.165) is 0 Å². The second kappa shape index (κ2) is 8.39. The fraction of sp³-hybridized carbons (Fsp3) is 0. The minimum atomic E-state index is 1.27. The van der Waals surface area contributed by atoms with Crippen molar-refractivity contribution in [1.82, 2.24) is 0 Å². The van der Waals surface area contributed by atoms with Crippen molar-refractivity contribution in [3.63, 3.8) is 0 Å². The van der Waals surface area contributed by atoms with Gasteiger partial charge in [0.15, 0.2) is 0 Å². The van der Waals surface area contributed by atoms with Crippen LogP contribution < -0.4 is 0 Å². The number of hydrogen-bond donors (Lipinski definition) is 0. The molecule has 0 saturated carbocycles. The third kappa shape index (κ3) is 3.22. The first-order valence-electron chi connectivity index (χ1n) is 14.3. The lowest BCUT2D eigenvalue weighted by Crippen LogP contribution is -1.87. The molecule has 10 aromatic rings. The molecule has 2 aromatic heterocycles. The van der Waals surface area contributed by atoms with E-state index >= 15 is 0 Å². The fourth-order valence-electron chi connectivity index (χ4n) is 6.98. The molecule has 10 rings (SSSR count). The first-order valence-corrected chi connectivity index (χ1v) is 16.0. The molecule has 8 aromatic carbocycles. The van der Waals surface area contributed by atoms with Crippen molar-refractivity contribution in [2.45, 2.75) is 0 Å². The molecule has 0 radical (unpaired) electrons. The summed E-state index contributed by atoms with van der Waals surface area (Å²) in [6.07, 6.45) is 0. The van der Waals surface area contributed by atoms with Gasteiger partial charge >= 0.3 is 0 Å². The lowest BCUT2D eigenvalue weighted by molar-refractivity contribution is 1.70. The number of benzene rings is 8. The van der Waals surface area contributed by atoms with Crippen LogP contribution in [-0.4, -0.2) is 0 Å². The molecule has 0 aliphatic carbocycles. The molecule has 194 valence electrons. The SMILES string of the molecule is c1ccc2c(c1)sc1ccc(-c3cc4ccc5cc(-c6ccc7sc8ccccc8c7c6)cc6ccc(c3)c4c56)cc12. The highest BCUT2D eigenvalue weighted by Gasteiger charge is 2.14. The van der Waals surface area contributed by atoms with Crippen LogP contribution in [0, 0.1) is 0 Å². The first-order chi connectivity index (χ1) is 20.8. The zero-order valence-electron chi connectivity index (χ0n) is 22.5. The number of thiophene rings is 2. The van der Waals surface area contributed by atoms with Crippen LogP contribution in [0.5, 0.6) is 0 Å². The van der Waals surface area contributed by atoms with Gasteiger partial charge in [-0.1, -0.05) is 72.8 Å². The number of fused-ring (bicyclic) bond motifs is 6. The van der Waals surface area contributed by atoms with Gasteiger partial charge in [0.1, 0.15) is 0 Å². The first kappa shape index (κ1) is 22.9. The van der Waals surface area contributed by atoms with Crippen LogP contribution in [0.2, 0.25) is 0 Å². The van der Waals surface area contributed by atoms with Crippen LogP contribution in [-0.2, 0) is 0 Å². The maximum atomic E-state index is 2.38. The molecule has 0 atom stereocenters. The van der Waals surface area contributed by atoms with Crippen LogP contribution in [0.1, 0.15) is 0 Å². The van der Waals surface area contributed by atoms with E-state index in [9.17, 15) is 0 Å². The quantitative estimate of drug-likeness (QED) is 0.183. The zero-order chi connectivity index (χ0) is 27.4. The van der Waals surface area contributed by atoms with E-state index < -0.39 is 0 Å². The third-order valence-corrected chi connectivity index (χ3v) is 11.3. The van der Waals surface area contributed by atoms with Gasteiger partial charge in [0, 0.05) is 40.3 Å². The minimum Gasteiger partial charge on any atom is -0.135 e. The Balaban J connectivity index is 1.14. The van der Waals surface area contributed by atoms with Gasteiger partial charge in [0.05, 0.1) is 0 Å². The fourth-order valence-corrected chi connectivity index (χ4v) is 9.16. The topological polar surface area (TPSA) is 0 Å². The summed E-state index contributed by atoms with van der Waals surface area (Å²) in [6.45, 7) is 0. The summed E-state index contributed by atoms with van der Waals surface area (Å²) >= 11 is 3.75. The van der Waals surface area contributed by atoms with Crippen LogP contribution >= 0.6 is 22.7 Å². The summed E-state index contributed by atoms with van der Waals surface area (Å²) in [7, 11) is 0. The average molecular weight is 567 g/mol. The molecular weight excluding hydrogens is 545 g/mol. The molecule has 0 aliphatic rings. The monoisotopic (exact) mass is 566 g/mol. The van der Waals surface area contributed by atoms with Crippen LogP contribution in [0.25, 0.3) is 94.9 Å². The van der Waals surface area contributed by atoms with Gasteiger partial charge in [-0.2, -0.15) is 0 Å². The predicted molar refractivity (Wildman–Crippen MR) is 187 cm³/mol. The Morgan fingerprint density at radius 2 is 0.667 bits per heavy atom. The van der Waals surface area contributed by atoms with Crippen LogP contribution in [0.3, 0.4) is 0 Å². The second-order valence-corrected chi connectivity index (χ2v) is 13.5. The molecule has 0 nitrogen and oxygen atoms in total. The summed E-state index contributed by atoms with van der Waals surface area (Å²) in [5.74, 6) is 0. The van der Waals surface area contributed by atoms with Crippen molar-refractivity contribution in [1.29, 1.82) is 0 Å². The van der Waals surface area contributed by atoms with Crippen molar-refractivity contribution in [2.24, 2.45) is 0 Å². The molecule has 0 unspecified atom stereocenters. The highest BCUT2D eigenvalue weighted by molar-refractivity contribution is 7.26. The van der Waals surface area contributed by atoms with Gasteiger partial charge in [0.2, 0.25) is 0 Å². The molecule has 2 heteroatoms. The lowest BCUT2D eigenvalue weighted by atomic mass is 9.89. The summed E-state index contributed by atoms with van der Waals surface area (Å²) in [5, 5.41) is 13.3. The largest absolute Gasteiger partial charge is 0.135 e. The van der Waals surface area contributed by atoms with Gasteiger partial charge in [-0.25, -0.2) is 0 Å². The van der Waals surface area contributed by atoms with E-state index in [0.29, 0.717) is 0 Å². The van der Waals surface area contributed by atoms with E-state index in [1.165, 1.54) is 94.9 Å². The van der Waals surface area contributed by atoms with E-state index in [-0.39, 0.29) is 0 Å². The van der Waals surface area contributed by atoms with Gasteiger partial charge in [-0.3, -0.25) is 0 Å². The Labute approximate surface area is 250 Å². The second-order valence-electron chi connectivity index (χ2n) is 11.3. The Bertz CT molecular complexity index is 2430. The number of rotatable bonds is 2. The summed E-state index contributed by atoms with van der Waals surface area (Å²) in [6, 6.07) is 50.1. The average Bonchev–Trinajstić information content (AvgIpc) is 3.60. The molecule has 0 fully saturated rings. The van der Waals surface area contributed by atoms with E-state index in [1.807, 2.05) is 22.7 Å². The lowest BCUT2D eigenvalue weighted by Gasteiger charge is -2.15. The highest BCUT2D eigenvalue weighted by Crippen LogP contribution is 2.42. The molecule has 0 bridgehead atoms. The smallest absolute Gasteiger partial charge is 0.0355 e. The summed E-state index contributed by atoms with van der Waals surface area (Å²) in [4.78, 5) is 0. The third-order valence-electron chi connectivity index (χ3n) is 8.95. The summed E-state index contributed by atoms with van der Waals surface area (Å²) < 4.78 is 5.39. The maximum Gasteiger partial charge on any atom is 0.0355 e. The van der Waals surface area contributed by atoms with Crippen molar-refractivity contribution in [3.8, 4) is 22.3 Å². The van der Waals surface area contributed by atoms with E-state index in [2.05, 4.69) is 133 Å². The molecular formula is C40H22S2. The molecule has 0 spiro atoms. The highest BCUT2D eigenvalue weighted by atomic mass is 32.1. The molecule has 0 aliphatic heterocycles. The Morgan fingerprint density at radius 3 is 1.10 bits per heavy atom. The molecule has 0 amide bonds. The van der Waals surface area contributed by atoms with Crippen molar-refractivity contribution >= 4 is 95.3 Å². The Hall–Kier alpha value is -4.76. The van der Waals surface area contributed by atoms with Gasteiger partial charge < -0.3 is 0 Å². The Kier molecular flexibility index (Phi) is 4.57. The minimum absolute atomic E-state index is 1.27. The van der Waals surface area contributed by atoms with Gasteiger partial charge in [-0.15, -0.1) is 22.7 Å².